The number of imidazole rings is 1. The molecule has 1 aromatic heterocycles. The average molecular weight is 267 g/mol. The van der Waals surface area contributed by atoms with E-state index >= 15 is 0 Å². The molecule has 0 radical (unpaired) electrons. The van der Waals surface area contributed by atoms with Gasteiger partial charge in [0.1, 0.15) is 0 Å². The number of fused-ring (bicyclic) bond motifs is 1. The molecule has 0 spiro atoms. The molecule has 1 saturated heterocycles. The number of rotatable bonds is 2. The van der Waals surface area contributed by atoms with Gasteiger partial charge in [-0.25, -0.2) is 4.98 Å². The molecule has 1 aliphatic rings. The fraction of sp³-hybridized carbons (Fsp3) is 0.462. The first kappa shape index (κ1) is 13.2. The van der Waals surface area contributed by atoms with Crippen molar-refractivity contribution in [1.82, 2.24) is 15.3 Å². The maximum atomic E-state index is 4.63. The van der Waals surface area contributed by atoms with Crippen molar-refractivity contribution < 1.29 is 0 Å². The number of halogens is 1. The molecular formula is C13H19ClN4. The number of piperidine rings is 1. The van der Waals surface area contributed by atoms with E-state index in [9.17, 15) is 0 Å². The Morgan fingerprint density at radius 2 is 2.17 bits per heavy atom. The minimum atomic E-state index is 0. The van der Waals surface area contributed by atoms with Crippen LogP contribution in [0.5, 0.6) is 0 Å². The third-order valence-electron chi connectivity index (χ3n) is 3.53. The van der Waals surface area contributed by atoms with E-state index in [4.69, 9.17) is 0 Å². The first-order chi connectivity index (χ1) is 8.34. The number of anilines is 1. The summed E-state index contributed by atoms with van der Waals surface area (Å²) < 4.78 is 0. The van der Waals surface area contributed by atoms with Gasteiger partial charge in [-0.2, -0.15) is 0 Å². The number of aromatic amines is 1. The summed E-state index contributed by atoms with van der Waals surface area (Å²) >= 11 is 0. The van der Waals surface area contributed by atoms with Gasteiger partial charge in [0.2, 0.25) is 5.95 Å². The Bertz CT molecular complexity index is 471. The van der Waals surface area contributed by atoms with Crippen LogP contribution in [0.3, 0.4) is 0 Å². The molecular weight excluding hydrogens is 248 g/mol. The molecule has 1 aliphatic heterocycles. The number of hydrogen-bond donors (Lipinski definition) is 2. The Labute approximate surface area is 113 Å². The standard InChI is InChI=1S/C13H18N4.ClH/c1-17(10-5-4-8-14-9-10)13-15-11-6-2-3-7-12(11)16-13;/h2-3,6-7,10,14H,4-5,8-9H2,1H3,(H,15,16);1H/t10-;/m1./s1. The van der Waals surface area contributed by atoms with Crippen LogP contribution in [-0.2, 0) is 0 Å². The number of likely N-dealkylation sites (N-methyl/N-ethyl adjacent to an activating group) is 1. The van der Waals surface area contributed by atoms with Gasteiger partial charge < -0.3 is 15.2 Å². The Balaban J connectivity index is 0.00000120. The SMILES string of the molecule is CN(c1nc2ccccc2[nH]1)[C@@H]1CCCNC1.Cl. The summed E-state index contributed by atoms with van der Waals surface area (Å²) in [7, 11) is 2.12. The Morgan fingerprint density at radius 3 is 2.89 bits per heavy atom. The highest BCUT2D eigenvalue weighted by Gasteiger charge is 2.19. The van der Waals surface area contributed by atoms with Gasteiger partial charge in [-0.05, 0) is 31.5 Å². The molecule has 2 aromatic rings. The van der Waals surface area contributed by atoms with Gasteiger partial charge in [-0.1, -0.05) is 12.1 Å². The molecule has 3 rings (SSSR count). The van der Waals surface area contributed by atoms with E-state index in [1.165, 1.54) is 12.8 Å². The molecule has 2 heterocycles. The van der Waals surface area contributed by atoms with Crippen molar-refractivity contribution in [2.45, 2.75) is 18.9 Å². The summed E-state index contributed by atoms with van der Waals surface area (Å²) in [5.74, 6) is 0.972. The third kappa shape index (κ3) is 2.44. The van der Waals surface area contributed by atoms with Crippen LogP contribution in [0.2, 0.25) is 0 Å². The van der Waals surface area contributed by atoms with E-state index in [1.54, 1.807) is 0 Å². The fourth-order valence-corrected chi connectivity index (χ4v) is 2.44. The van der Waals surface area contributed by atoms with E-state index in [2.05, 4.69) is 33.3 Å². The van der Waals surface area contributed by atoms with Gasteiger partial charge in [-0.3, -0.25) is 0 Å². The molecule has 0 bridgehead atoms. The second-order valence-electron chi connectivity index (χ2n) is 4.69. The maximum Gasteiger partial charge on any atom is 0.203 e. The first-order valence-corrected chi connectivity index (χ1v) is 6.23. The molecule has 0 amide bonds. The lowest BCUT2D eigenvalue weighted by Gasteiger charge is -2.31. The van der Waals surface area contributed by atoms with Crippen molar-refractivity contribution >= 4 is 29.4 Å². The van der Waals surface area contributed by atoms with Crippen molar-refractivity contribution in [2.24, 2.45) is 0 Å². The van der Waals surface area contributed by atoms with Crippen LogP contribution in [0.25, 0.3) is 11.0 Å². The molecule has 1 atom stereocenters. The van der Waals surface area contributed by atoms with E-state index < -0.39 is 0 Å². The maximum absolute atomic E-state index is 4.63. The van der Waals surface area contributed by atoms with Gasteiger partial charge >= 0.3 is 0 Å². The first-order valence-electron chi connectivity index (χ1n) is 6.23. The number of H-pyrrole nitrogens is 1. The van der Waals surface area contributed by atoms with Gasteiger partial charge in [0.05, 0.1) is 11.0 Å². The highest BCUT2D eigenvalue weighted by Crippen LogP contribution is 2.19. The fourth-order valence-electron chi connectivity index (χ4n) is 2.44. The zero-order valence-electron chi connectivity index (χ0n) is 10.5. The molecule has 2 N–H and O–H groups in total. The average Bonchev–Trinajstić information content (AvgIpc) is 2.82. The quantitative estimate of drug-likeness (QED) is 0.876. The van der Waals surface area contributed by atoms with Crippen molar-refractivity contribution in [3.8, 4) is 0 Å². The highest BCUT2D eigenvalue weighted by atomic mass is 35.5. The number of hydrogen-bond acceptors (Lipinski definition) is 3. The Hall–Kier alpha value is -1.26. The molecule has 1 aromatic carbocycles. The number of benzene rings is 1. The van der Waals surface area contributed by atoms with Crippen LogP contribution in [0.4, 0.5) is 5.95 Å². The lowest BCUT2D eigenvalue weighted by molar-refractivity contribution is 0.442. The topological polar surface area (TPSA) is 44.0 Å². The molecule has 98 valence electrons. The summed E-state index contributed by atoms with van der Waals surface area (Å²) in [5, 5.41) is 3.44. The lowest BCUT2D eigenvalue weighted by atomic mass is 10.1. The molecule has 4 nitrogen and oxygen atoms in total. The number of nitrogens with one attached hydrogen (secondary N) is 2. The highest BCUT2D eigenvalue weighted by molar-refractivity contribution is 5.85. The smallest absolute Gasteiger partial charge is 0.203 e. The molecule has 0 aliphatic carbocycles. The number of nitrogens with zero attached hydrogens (tertiary/aromatic N) is 2. The molecule has 5 heteroatoms. The molecule has 1 fully saturated rings. The van der Waals surface area contributed by atoms with Gasteiger partial charge in [0, 0.05) is 19.6 Å². The second-order valence-corrected chi connectivity index (χ2v) is 4.69. The van der Waals surface area contributed by atoms with Crippen molar-refractivity contribution in [2.75, 3.05) is 25.0 Å². The monoisotopic (exact) mass is 266 g/mol. The molecule has 18 heavy (non-hydrogen) atoms. The zero-order valence-corrected chi connectivity index (χ0v) is 11.3. The zero-order chi connectivity index (χ0) is 11.7. The summed E-state index contributed by atoms with van der Waals surface area (Å²) in [4.78, 5) is 10.3. The number of para-hydroxylation sites is 2. The predicted molar refractivity (Wildman–Crippen MR) is 77.6 cm³/mol. The largest absolute Gasteiger partial charge is 0.341 e. The summed E-state index contributed by atoms with van der Waals surface area (Å²) in [6.45, 7) is 2.19. The normalized spacial score (nSPS) is 19.5. The second kappa shape index (κ2) is 5.59. The number of aromatic nitrogens is 2. The Kier molecular flexibility index (Phi) is 4.09. The van der Waals surface area contributed by atoms with E-state index in [1.807, 2.05) is 18.2 Å². The van der Waals surface area contributed by atoms with Gasteiger partial charge in [0.15, 0.2) is 0 Å². The van der Waals surface area contributed by atoms with Crippen LogP contribution < -0.4 is 10.2 Å². The van der Waals surface area contributed by atoms with Crippen LogP contribution in [-0.4, -0.2) is 36.1 Å². The minimum Gasteiger partial charge on any atom is -0.341 e. The van der Waals surface area contributed by atoms with E-state index in [0.29, 0.717) is 6.04 Å². The molecule has 0 unspecified atom stereocenters. The van der Waals surface area contributed by atoms with Crippen molar-refractivity contribution in [3.05, 3.63) is 24.3 Å². The van der Waals surface area contributed by atoms with Crippen molar-refractivity contribution in [3.63, 3.8) is 0 Å². The molecule has 0 saturated carbocycles. The summed E-state index contributed by atoms with van der Waals surface area (Å²) in [5.41, 5.74) is 2.15. The van der Waals surface area contributed by atoms with Crippen LogP contribution in [0.1, 0.15) is 12.8 Å². The van der Waals surface area contributed by atoms with Crippen LogP contribution >= 0.6 is 12.4 Å². The predicted octanol–water partition coefficient (Wildman–Crippen LogP) is 2.17. The third-order valence-corrected chi connectivity index (χ3v) is 3.53. The van der Waals surface area contributed by atoms with Crippen LogP contribution in [0, 0.1) is 0 Å². The Morgan fingerprint density at radius 1 is 1.33 bits per heavy atom. The van der Waals surface area contributed by atoms with E-state index in [-0.39, 0.29) is 12.4 Å². The van der Waals surface area contributed by atoms with Crippen molar-refractivity contribution in [1.29, 1.82) is 0 Å². The van der Waals surface area contributed by atoms with E-state index in [0.717, 1.165) is 30.1 Å². The van der Waals surface area contributed by atoms with Gasteiger partial charge in [-0.15, -0.1) is 12.4 Å². The summed E-state index contributed by atoms with van der Waals surface area (Å²) in [6, 6.07) is 8.71. The lowest BCUT2D eigenvalue weighted by Crippen LogP contribution is -2.44. The van der Waals surface area contributed by atoms with Crippen LogP contribution in [0.15, 0.2) is 24.3 Å². The summed E-state index contributed by atoms with van der Waals surface area (Å²) in [6.07, 6.45) is 2.48. The van der Waals surface area contributed by atoms with Gasteiger partial charge in [0.25, 0.3) is 0 Å². The minimum absolute atomic E-state index is 0.